The third kappa shape index (κ3) is 5.90. The van der Waals surface area contributed by atoms with E-state index in [1.54, 1.807) is 0 Å². The van der Waals surface area contributed by atoms with Crippen molar-refractivity contribution in [3.05, 3.63) is 65.2 Å². The second kappa shape index (κ2) is 11.0. The quantitative estimate of drug-likeness (QED) is 0.161. The molecule has 2 aliphatic rings. The third-order valence-corrected chi connectivity index (χ3v) is 7.24. The zero-order valence-corrected chi connectivity index (χ0v) is 21.3. The van der Waals surface area contributed by atoms with Crippen LogP contribution in [0.25, 0.3) is 0 Å². The second-order valence-electron chi connectivity index (χ2n) is 9.09. The van der Waals surface area contributed by atoms with E-state index in [1.165, 1.54) is 13.8 Å². The molecular formula is C20H26N4O14P-. The molecule has 0 spiro atoms. The van der Waals surface area contributed by atoms with Crippen LogP contribution < -0.4 is 27.4 Å². The zero-order chi connectivity index (χ0) is 28.8. The minimum atomic E-state index is -5.15. The fraction of sp³-hybridized carbons (Fsp3) is 0.600. The molecule has 4 rings (SSSR count). The van der Waals surface area contributed by atoms with Crippen molar-refractivity contribution >= 4 is 7.82 Å². The maximum absolute atomic E-state index is 12.3. The highest BCUT2D eigenvalue weighted by molar-refractivity contribution is 7.45. The van der Waals surface area contributed by atoms with Gasteiger partial charge in [-0.05, 0) is 13.8 Å². The van der Waals surface area contributed by atoms with Crippen LogP contribution in [0.1, 0.15) is 23.6 Å². The van der Waals surface area contributed by atoms with Crippen LogP contribution in [0, 0.1) is 13.8 Å². The number of hydrogen-bond donors (Lipinski definition) is 6. The van der Waals surface area contributed by atoms with Crippen LogP contribution in [0.5, 0.6) is 0 Å². The lowest BCUT2D eigenvalue weighted by Gasteiger charge is -2.26. The summed E-state index contributed by atoms with van der Waals surface area (Å²) in [5.41, 5.74) is -2.97. The number of phosphoric acid groups is 1. The van der Waals surface area contributed by atoms with E-state index in [9.17, 15) is 49.1 Å². The monoisotopic (exact) mass is 577 g/mol. The molecule has 4 heterocycles. The Morgan fingerprint density at radius 1 is 0.795 bits per heavy atom. The molecule has 0 amide bonds. The number of aliphatic hydroxyl groups is 4. The second-order valence-corrected chi connectivity index (χ2v) is 10.5. The zero-order valence-electron chi connectivity index (χ0n) is 20.4. The lowest BCUT2D eigenvalue weighted by Crippen LogP contribution is -2.38. The summed E-state index contributed by atoms with van der Waals surface area (Å²) in [6, 6.07) is 0. The highest BCUT2D eigenvalue weighted by atomic mass is 31.2. The number of nitrogens with zero attached hydrogens (tertiary/aromatic N) is 2. The normalized spacial score (nSPS) is 32.4. The molecule has 216 valence electrons. The fourth-order valence-electron chi connectivity index (χ4n) is 4.11. The Morgan fingerprint density at radius 3 is 1.51 bits per heavy atom. The number of aryl methyl sites for hydroxylation is 2. The average Bonchev–Trinajstić information content (AvgIpc) is 3.31. The molecule has 2 aromatic rings. The summed E-state index contributed by atoms with van der Waals surface area (Å²) in [6.45, 7) is 1.09. The Morgan fingerprint density at radius 2 is 1.15 bits per heavy atom. The number of aliphatic hydroxyl groups excluding tert-OH is 4. The molecule has 0 unspecified atom stereocenters. The van der Waals surface area contributed by atoms with Crippen molar-refractivity contribution in [1.29, 1.82) is 0 Å². The first-order valence-corrected chi connectivity index (χ1v) is 12.9. The summed E-state index contributed by atoms with van der Waals surface area (Å²) in [4.78, 5) is 63.6. The highest BCUT2D eigenvalue weighted by Gasteiger charge is 2.46. The van der Waals surface area contributed by atoms with E-state index < -0.39 is 92.6 Å². The van der Waals surface area contributed by atoms with Gasteiger partial charge in [-0.1, -0.05) is 0 Å². The maximum Gasteiger partial charge on any atom is 0.330 e. The Bertz CT molecular complexity index is 1390. The number of nitrogens with one attached hydrogen (secondary N) is 2. The van der Waals surface area contributed by atoms with Crippen LogP contribution in [0.15, 0.2) is 31.6 Å². The molecule has 0 bridgehead atoms. The first-order valence-electron chi connectivity index (χ1n) is 11.5. The molecule has 2 fully saturated rings. The first-order chi connectivity index (χ1) is 18.2. The molecular weight excluding hydrogens is 551 g/mol. The Labute approximate surface area is 217 Å². The van der Waals surface area contributed by atoms with Crippen molar-refractivity contribution in [2.24, 2.45) is 0 Å². The number of phosphoric ester groups is 1. The van der Waals surface area contributed by atoms with Crippen molar-refractivity contribution in [2.75, 3.05) is 13.2 Å². The van der Waals surface area contributed by atoms with Crippen molar-refractivity contribution in [1.82, 2.24) is 19.1 Å². The number of hydrogen-bond acceptors (Lipinski definition) is 14. The molecule has 2 aromatic heterocycles. The first kappa shape index (κ1) is 29.2. The maximum atomic E-state index is 12.3. The van der Waals surface area contributed by atoms with E-state index in [4.69, 9.17) is 18.5 Å². The van der Waals surface area contributed by atoms with Crippen LogP contribution >= 0.6 is 7.82 Å². The minimum Gasteiger partial charge on any atom is -0.756 e. The van der Waals surface area contributed by atoms with Crippen molar-refractivity contribution in [3.63, 3.8) is 0 Å². The van der Waals surface area contributed by atoms with Gasteiger partial charge in [0.1, 0.15) is 36.6 Å². The molecule has 0 aliphatic carbocycles. The summed E-state index contributed by atoms with van der Waals surface area (Å²) in [5, 5.41) is 41.1. The SMILES string of the molecule is Cc1cn([C@@H]2O[C@H](COP(=O)([O-])OC[C@H]3O[C@@H](n4cc(C)c(=O)[nH]c4=O)[C@H](O)[C@@H]3O)[C@@H](O)[C@H]2O)c(=O)[nH]c1=O. The fourth-order valence-corrected chi connectivity index (χ4v) is 4.84. The predicted octanol–water partition coefficient (Wildman–Crippen LogP) is -4.56. The summed E-state index contributed by atoms with van der Waals surface area (Å²) < 4.78 is 34.1. The van der Waals surface area contributed by atoms with Gasteiger partial charge < -0.3 is 43.8 Å². The lowest BCUT2D eigenvalue weighted by molar-refractivity contribution is -0.231. The predicted molar refractivity (Wildman–Crippen MR) is 123 cm³/mol. The van der Waals surface area contributed by atoms with Gasteiger partial charge in [0.15, 0.2) is 12.5 Å². The van der Waals surface area contributed by atoms with Gasteiger partial charge in [0.2, 0.25) is 0 Å². The number of H-pyrrole nitrogens is 2. The number of aromatic nitrogens is 4. The van der Waals surface area contributed by atoms with E-state index in [1.807, 2.05) is 9.97 Å². The number of rotatable bonds is 8. The van der Waals surface area contributed by atoms with Gasteiger partial charge in [-0.2, -0.15) is 0 Å². The number of aromatic amines is 2. The Balaban J connectivity index is 1.36. The topological polar surface area (TPSA) is 268 Å². The van der Waals surface area contributed by atoms with Gasteiger partial charge in [-0.25, -0.2) is 9.59 Å². The average molecular weight is 577 g/mol. The molecule has 0 saturated carbocycles. The summed E-state index contributed by atoms with van der Waals surface area (Å²) in [7, 11) is -5.15. The van der Waals surface area contributed by atoms with Gasteiger partial charge in [0.25, 0.3) is 18.9 Å². The highest BCUT2D eigenvalue weighted by Crippen LogP contribution is 2.41. The molecule has 19 heteroatoms. The van der Waals surface area contributed by atoms with Gasteiger partial charge in [-0.15, -0.1) is 0 Å². The molecule has 2 aliphatic heterocycles. The number of ether oxygens (including phenoxy) is 2. The molecule has 6 N–H and O–H groups in total. The van der Waals surface area contributed by atoms with Crippen LogP contribution in [-0.4, -0.2) is 89.4 Å². The summed E-state index contributed by atoms with van der Waals surface area (Å²) in [6.07, 6.45) is -10.4. The van der Waals surface area contributed by atoms with E-state index in [2.05, 4.69) is 0 Å². The van der Waals surface area contributed by atoms with Crippen molar-refractivity contribution < 1.29 is 48.4 Å². The van der Waals surface area contributed by atoms with Crippen molar-refractivity contribution in [3.8, 4) is 0 Å². The molecule has 39 heavy (non-hydrogen) atoms. The summed E-state index contributed by atoms with van der Waals surface area (Å²) in [5.74, 6) is 0. The van der Waals surface area contributed by atoms with Gasteiger partial charge >= 0.3 is 11.4 Å². The van der Waals surface area contributed by atoms with Crippen LogP contribution in [0.2, 0.25) is 0 Å². The largest absolute Gasteiger partial charge is 0.756 e. The van der Waals surface area contributed by atoms with Gasteiger partial charge in [-0.3, -0.25) is 33.3 Å². The Kier molecular flexibility index (Phi) is 8.25. The molecule has 0 aromatic carbocycles. The van der Waals surface area contributed by atoms with Crippen LogP contribution in [0.4, 0.5) is 0 Å². The van der Waals surface area contributed by atoms with Crippen LogP contribution in [-0.2, 0) is 23.1 Å². The van der Waals surface area contributed by atoms with E-state index >= 15 is 0 Å². The van der Waals surface area contributed by atoms with Crippen LogP contribution in [0.3, 0.4) is 0 Å². The third-order valence-electron chi connectivity index (χ3n) is 6.31. The van der Waals surface area contributed by atoms with Gasteiger partial charge in [0, 0.05) is 23.5 Å². The van der Waals surface area contributed by atoms with Crippen molar-refractivity contribution in [2.45, 2.75) is 62.9 Å². The smallest absolute Gasteiger partial charge is 0.330 e. The van der Waals surface area contributed by atoms with E-state index in [0.29, 0.717) is 0 Å². The van der Waals surface area contributed by atoms with Gasteiger partial charge in [0.05, 0.1) is 13.2 Å². The Hall–Kier alpha value is -2.77. The van der Waals surface area contributed by atoms with E-state index in [0.717, 1.165) is 21.5 Å². The molecule has 8 atom stereocenters. The summed E-state index contributed by atoms with van der Waals surface area (Å²) >= 11 is 0. The minimum absolute atomic E-state index is 0.112. The van der Waals surface area contributed by atoms with E-state index in [-0.39, 0.29) is 11.1 Å². The molecule has 2 saturated heterocycles. The lowest BCUT2D eigenvalue weighted by atomic mass is 10.1. The molecule has 0 radical (unpaired) electrons. The molecule has 18 nitrogen and oxygen atoms in total. The standard InChI is InChI=1S/C20H27N4O14P/c1-7-3-23(19(31)21-15(7)29)17-13(27)11(25)9(37-17)5-35-39(33,34)36-6-10-12(26)14(28)18(38-10)24-4-8(2)16(30)22-20(24)32/h3-4,9-14,17-18,25-28H,5-6H2,1-2H3,(H,33,34)(H,21,29,31)(H,22,30,32)/p-1/t9-,10-,11-,12-,13-,14-,17-,18-/m1/s1.